The fourth-order valence-corrected chi connectivity index (χ4v) is 1.81. The summed E-state index contributed by atoms with van der Waals surface area (Å²) in [7, 11) is 0. The van der Waals surface area contributed by atoms with Crippen LogP contribution in [0, 0.1) is 0 Å². The van der Waals surface area contributed by atoms with Crippen molar-refractivity contribution >= 4 is 0 Å². The van der Waals surface area contributed by atoms with E-state index >= 15 is 0 Å². The van der Waals surface area contributed by atoms with E-state index in [4.69, 9.17) is 4.42 Å². The summed E-state index contributed by atoms with van der Waals surface area (Å²) in [6, 6.07) is 2.09. The molecule has 0 fully saturated rings. The molecule has 0 atom stereocenters. The van der Waals surface area contributed by atoms with Gasteiger partial charge < -0.3 is 4.42 Å². The maximum Gasteiger partial charge on any atom is 0.120 e. The molecule has 1 aromatic heterocycles. The number of fused-ring (bicyclic) bond motifs is 1. The molecule has 0 aromatic carbocycles. The van der Waals surface area contributed by atoms with Gasteiger partial charge in [0.2, 0.25) is 0 Å². The second kappa shape index (κ2) is 2.88. The van der Waals surface area contributed by atoms with Gasteiger partial charge in [-0.3, -0.25) is 4.90 Å². The molecule has 1 aromatic rings. The summed E-state index contributed by atoms with van der Waals surface area (Å²) in [6.45, 7) is 8.87. The van der Waals surface area contributed by atoms with Crippen LogP contribution in [-0.2, 0) is 13.0 Å². The fraction of sp³-hybridized carbons (Fsp3) is 0.636. The van der Waals surface area contributed by atoms with Crippen molar-refractivity contribution < 1.29 is 4.42 Å². The van der Waals surface area contributed by atoms with Gasteiger partial charge in [-0.25, -0.2) is 0 Å². The van der Waals surface area contributed by atoms with Crippen LogP contribution in [0.3, 0.4) is 0 Å². The summed E-state index contributed by atoms with van der Waals surface area (Å²) < 4.78 is 5.44. The molecule has 1 aliphatic rings. The maximum absolute atomic E-state index is 5.44. The topological polar surface area (TPSA) is 16.4 Å². The van der Waals surface area contributed by atoms with Crippen molar-refractivity contribution in [1.82, 2.24) is 4.90 Å². The van der Waals surface area contributed by atoms with Crippen LogP contribution < -0.4 is 0 Å². The summed E-state index contributed by atoms with van der Waals surface area (Å²) in [5.74, 6) is 1.15. The Morgan fingerprint density at radius 1 is 1.38 bits per heavy atom. The third-order valence-corrected chi connectivity index (χ3v) is 2.77. The van der Waals surface area contributed by atoms with Crippen LogP contribution in [0.4, 0.5) is 0 Å². The van der Waals surface area contributed by atoms with Crippen molar-refractivity contribution in [3.8, 4) is 0 Å². The van der Waals surface area contributed by atoms with Crippen molar-refractivity contribution in [2.45, 2.75) is 39.3 Å². The van der Waals surface area contributed by atoms with Gasteiger partial charge in [-0.15, -0.1) is 0 Å². The van der Waals surface area contributed by atoms with E-state index in [9.17, 15) is 0 Å². The van der Waals surface area contributed by atoms with Gasteiger partial charge in [0.15, 0.2) is 0 Å². The van der Waals surface area contributed by atoms with E-state index in [1.165, 1.54) is 5.56 Å². The minimum atomic E-state index is 0.254. The van der Waals surface area contributed by atoms with Crippen LogP contribution in [0.2, 0.25) is 0 Å². The molecule has 0 saturated heterocycles. The van der Waals surface area contributed by atoms with Crippen LogP contribution in [0.1, 0.15) is 32.1 Å². The zero-order valence-corrected chi connectivity index (χ0v) is 8.63. The van der Waals surface area contributed by atoms with Gasteiger partial charge in [0, 0.05) is 12.1 Å². The van der Waals surface area contributed by atoms with Crippen LogP contribution in [-0.4, -0.2) is 17.0 Å². The first-order valence-electron chi connectivity index (χ1n) is 4.88. The zero-order valence-electron chi connectivity index (χ0n) is 8.63. The highest BCUT2D eigenvalue weighted by atomic mass is 16.3. The van der Waals surface area contributed by atoms with Gasteiger partial charge in [0.25, 0.3) is 0 Å². The van der Waals surface area contributed by atoms with Crippen LogP contribution in [0.25, 0.3) is 0 Å². The molecule has 0 bridgehead atoms. The van der Waals surface area contributed by atoms with Crippen molar-refractivity contribution in [2.75, 3.05) is 6.54 Å². The number of hydrogen-bond acceptors (Lipinski definition) is 2. The average Bonchev–Trinajstić information content (AvgIpc) is 2.47. The Morgan fingerprint density at radius 2 is 2.15 bits per heavy atom. The van der Waals surface area contributed by atoms with E-state index in [0.29, 0.717) is 0 Å². The van der Waals surface area contributed by atoms with Crippen molar-refractivity contribution in [2.24, 2.45) is 0 Å². The molecule has 0 unspecified atom stereocenters. The second-order valence-corrected chi connectivity index (χ2v) is 4.71. The SMILES string of the molecule is CC(C)(C)N1CCc2ccoc2C1. The summed E-state index contributed by atoms with van der Waals surface area (Å²) in [5.41, 5.74) is 1.64. The normalized spacial score (nSPS) is 18.7. The van der Waals surface area contributed by atoms with E-state index in [1.807, 2.05) is 0 Å². The van der Waals surface area contributed by atoms with Gasteiger partial charge >= 0.3 is 0 Å². The Bertz CT molecular complexity index is 295. The van der Waals surface area contributed by atoms with Gasteiger partial charge in [-0.2, -0.15) is 0 Å². The first-order valence-corrected chi connectivity index (χ1v) is 4.88. The van der Waals surface area contributed by atoms with Crippen LogP contribution in [0.15, 0.2) is 16.7 Å². The lowest BCUT2D eigenvalue weighted by Crippen LogP contribution is -2.43. The molecular formula is C11H17NO. The quantitative estimate of drug-likeness (QED) is 0.608. The molecule has 0 saturated carbocycles. The summed E-state index contributed by atoms with van der Waals surface area (Å²) >= 11 is 0. The number of furan rings is 1. The Hall–Kier alpha value is -0.760. The Kier molecular flexibility index (Phi) is 1.95. The lowest BCUT2D eigenvalue weighted by atomic mass is 10.0. The molecular weight excluding hydrogens is 162 g/mol. The van der Waals surface area contributed by atoms with Gasteiger partial charge in [-0.1, -0.05) is 0 Å². The minimum absolute atomic E-state index is 0.254. The van der Waals surface area contributed by atoms with Crippen molar-refractivity contribution in [3.63, 3.8) is 0 Å². The van der Waals surface area contributed by atoms with Gasteiger partial charge in [0.05, 0.1) is 12.8 Å². The van der Waals surface area contributed by atoms with Gasteiger partial charge in [0.1, 0.15) is 5.76 Å². The lowest BCUT2D eigenvalue weighted by molar-refractivity contribution is 0.109. The number of hydrogen-bond donors (Lipinski definition) is 0. The Balaban J connectivity index is 2.18. The third kappa shape index (κ3) is 1.63. The minimum Gasteiger partial charge on any atom is -0.468 e. The molecule has 72 valence electrons. The molecule has 0 radical (unpaired) electrons. The molecule has 1 aliphatic heterocycles. The summed E-state index contributed by atoms with van der Waals surface area (Å²) in [5, 5.41) is 0. The van der Waals surface area contributed by atoms with Crippen molar-refractivity contribution in [1.29, 1.82) is 0 Å². The molecule has 0 amide bonds. The van der Waals surface area contributed by atoms with E-state index in [0.717, 1.165) is 25.3 Å². The molecule has 0 aliphatic carbocycles. The fourth-order valence-electron chi connectivity index (χ4n) is 1.81. The second-order valence-electron chi connectivity index (χ2n) is 4.71. The predicted molar refractivity (Wildman–Crippen MR) is 52.6 cm³/mol. The summed E-state index contributed by atoms with van der Waals surface area (Å²) in [4.78, 5) is 2.46. The lowest BCUT2D eigenvalue weighted by Gasteiger charge is -2.37. The molecule has 2 heteroatoms. The van der Waals surface area contributed by atoms with E-state index in [2.05, 4.69) is 31.7 Å². The highest BCUT2D eigenvalue weighted by Crippen LogP contribution is 2.25. The van der Waals surface area contributed by atoms with Crippen LogP contribution >= 0.6 is 0 Å². The molecule has 2 nitrogen and oxygen atoms in total. The average molecular weight is 179 g/mol. The molecule has 0 spiro atoms. The van der Waals surface area contributed by atoms with E-state index in [1.54, 1.807) is 6.26 Å². The van der Waals surface area contributed by atoms with E-state index in [-0.39, 0.29) is 5.54 Å². The predicted octanol–water partition coefficient (Wildman–Crippen LogP) is 2.44. The van der Waals surface area contributed by atoms with Gasteiger partial charge in [-0.05, 0) is 38.8 Å². The summed E-state index contributed by atoms with van der Waals surface area (Å²) in [6.07, 6.45) is 2.93. The third-order valence-electron chi connectivity index (χ3n) is 2.77. The monoisotopic (exact) mass is 179 g/mol. The zero-order chi connectivity index (χ0) is 9.47. The first kappa shape index (κ1) is 8.82. The standard InChI is InChI=1S/C11H17NO/c1-11(2,3)12-6-4-9-5-7-13-10(9)8-12/h5,7H,4,6,8H2,1-3H3. The van der Waals surface area contributed by atoms with Crippen LogP contribution in [0.5, 0.6) is 0 Å². The number of nitrogens with zero attached hydrogens (tertiary/aromatic N) is 1. The number of rotatable bonds is 0. The molecule has 2 heterocycles. The van der Waals surface area contributed by atoms with E-state index < -0.39 is 0 Å². The molecule has 2 rings (SSSR count). The first-order chi connectivity index (χ1) is 6.07. The Morgan fingerprint density at radius 3 is 2.85 bits per heavy atom. The maximum atomic E-state index is 5.44. The Labute approximate surface area is 79.5 Å². The van der Waals surface area contributed by atoms with Crippen molar-refractivity contribution in [3.05, 3.63) is 23.7 Å². The molecule has 13 heavy (non-hydrogen) atoms. The molecule has 0 N–H and O–H groups in total. The largest absolute Gasteiger partial charge is 0.468 e. The smallest absolute Gasteiger partial charge is 0.120 e. The highest BCUT2D eigenvalue weighted by molar-refractivity contribution is 5.20. The highest BCUT2D eigenvalue weighted by Gasteiger charge is 2.26.